The molecule has 37 heavy (non-hydrogen) atoms. The van der Waals surface area contributed by atoms with Crippen LogP contribution in [0.25, 0.3) is 22.3 Å². The average Bonchev–Trinajstić information content (AvgIpc) is 2.97. The van der Waals surface area contributed by atoms with E-state index in [1.165, 1.54) is 13.3 Å². The van der Waals surface area contributed by atoms with Crippen LogP contribution in [0.4, 0.5) is 0 Å². The highest BCUT2D eigenvalue weighted by Gasteiger charge is 2.26. The summed E-state index contributed by atoms with van der Waals surface area (Å²) in [6.07, 6.45) is 1.73. The average molecular weight is 497 g/mol. The molecule has 0 aliphatic heterocycles. The smallest absolute Gasteiger partial charge is 0.328 e. The Balaban J connectivity index is 1.79. The fourth-order valence-electron chi connectivity index (χ4n) is 4.16. The Hall–Kier alpha value is -4.65. The van der Waals surface area contributed by atoms with Gasteiger partial charge < -0.3 is 19.5 Å². The Morgan fingerprint density at radius 3 is 1.78 bits per heavy atom. The molecule has 0 bridgehead atoms. The van der Waals surface area contributed by atoms with Crippen LogP contribution in [-0.4, -0.2) is 44.2 Å². The van der Waals surface area contributed by atoms with Crippen LogP contribution in [0.15, 0.2) is 91.1 Å². The lowest BCUT2D eigenvalue weighted by Gasteiger charge is -2.21. The largest absolute Gasteiger partial charge is 0.497 e. The van der Waals surface area contributed by atoms with E-state index in [0.29, 0.717) is 0 Å². The van der Waals surface area contributed by atoms with Crippen LogP contribution in [0.1, 0.15) is 16.1 Å². The van der Waals surface area contributed by atoms with Crippen molar-refractivity contribution in [1.82, 2.24) is 10.3 Å². The quantitative estimate of drug-likeness (QED) is 0.330. The van der Waals surface area contributed by atoms with Crippen LogP contribution >= 0.6 is 0 Å². The molecule has 1 aromatic heterocycles. The van der Waals surface area contributed by atoms with Gasteiger partial charge in [-0.25, -0.2) is 4.79 Å². The monoisotopic (exact) mass is 496 g/mol. The number of carbonyl (C=O) groups is 2. The van der Waals surface area contributed by atoms with Gasteiger partial charge in [0.05, 0.1) is 21.3 Å². The second kappa shape index (κ2) is 11.9. The molecule has 1 unspecified atom stereocenters. The van der Waals surface area contributed by atoms with E-state index in [1.807, 2.05) is 66.7 Å². The fourth-order valence-corrected chi connectivity index (χ4v) is 4.16. The highest BCUT2D eigenvalue weighted by Crippen LogP contribution is 2.35. The second-order valence-corrected chi connectivity index (χ2v) is 8.26. The van der Waals surface area contributed by atoms with Gasteiger partial charge in [0.25, 0.3) is 5.91 Å². The third kappa shape index (κ3) is 5.95. The number of pyridine rings is 1. The number of esters is 1. The van der Waals surface area contributed by atoms with Crippen molar-refractivity contribution in [2.75, 3.05) is 21.3 Å². The van der Waals surface area contributed by atoms with Crippen molar-refractivity contribution in [3.05, 3.63) is 102 Å². The number of rotatable bonds is 9. The lowest BCUT2D eigenvalue weighted by molar-refractivity contribution is -0.142. The zero-order valence-electron chi connectivity index (χ0n) is 20.9. The lowest BCUT2D eigenvalue weighted by Crippen LogP contribution is -2.43. The Bertz CT molecular complexity index is 1290. The van der Waals surface area contributed by atoms with E-state index in [0.717, 1.165) is 39.3 Å². The molecule has 7 nitrogen and oxygen atoms in total. The maximum absolute atomic E-state index is 12.9. The normalized spacial score (nSPS) is 11.3. The maximum Gasteiger partial charge on any atom is 0.328 e. The summed E-state index contributed by atoms with van der Waals surface area (Å²) in [5.41, 5.74) is 4.86. The minimum absolute atomic E-state index is 0.203. The first-order valence-corrected chi connectivity index (χ1v) is 11.7. The summed E-state index contributed by atoms with van der Waals surface area (Å²) in [5, 5.41) is 2.81. The predicted molar refractivity (Wildman–Crippen MR) is 142 cm³/mol. The van der Waals surface area contributed by atoms with Gasteiger partial charge in [-0.05, 0) is 64.2 Å². The Morgan fingerprint density at radius 1 is 0.757 bits per heavy atom. The van der Waals surface area contributed by atoms with E-state index >= 15 is 0 Å². The number of methoxy groups -OCH3 is 3. The van der Waals surface area contributed by atoms with E-state index in [9.17, 15) is 9.59 Å². The van der Waals surface area contributed by atoms with Crippen LogP contribution in [0.2, 0.25) is 0 Å². The third-order valence-corrected chi connectivity index (χ3v) is 6.07. The van der Waals surface area contributed by atoms with Gasteiger partial charge in [-0.1, -0.05) is 48.5 Å². The molecule has 3 aromatic carbocycles. The van der Waals surface area contributed by atoms with Gasteiger partial charge in [0, 0.05) is 12.6 Å². The zero-order chi connectivity index (χ0) is 26.2. The number of amides is 1. The van der Waals surface area contributed by atoms with Crippen molar-refractivity contribution in [3.63, 3.8) is 0 Å². The minimum atomic E-state index is -0.934. The number of ether oxygens (including phenoxy) is 3. The number of aromatic nitrogens is 1. The SMILES string of the molecule is COC(=O)C(Cc1c(-c2ccc(OC)cc2)cccc1-c1ccc(OC)cc1)NC(=O)c1ccccn1. The second-order valence-electron chi connectivity index (χ2n) is 8.26. The molecular weight excluding hydrogens is 468 g/mol. The van der Waals surface area contributed by atoms with Gasteiger partial charge in [-0.2, -0.15) is 0 Å². The molecule has 1 heterocycles. The summed E-state index contributed by atoms with van der Waals surface area (Å²) >= 11 is 0. The van der Waals surface area contributed by atoms with Crippen LogP contribution in [0.5, 0.6) is 11.5 Å². The standard InChI is InChI=1S/C30H28N2O5/c1-35-22-14-10-20(11-15-22)24-7-6-8-25(21-12-16-23(36-2)17-13-21)26(24)19-28(30(34)37-3)32-29(33)27-9-4-5-18-31-27/h4-18,28H,19H2,1-3H3,(H,32,33). The first-order chi connectivity index (χ1) is 18.0. The molecule has 1 amide bonds. The van der Waals surface area contributed by atoms with Crippen molar-refractivity contribution in [2.45, 2.75) is 12.5 Å². The molecular formula is C30H28N2O5. The molecule has 0 aliphatic carbocycles. The van der Waals surface area contributed by atoms with Gasteiger partial charge in [-0.3, -0.25) is 9.78 Å². The van der Waals surface area contributed by atoms with Gasteiger partial charge in [0.2, 0.25) is 0 Å². The summed E-state index contributed by atoms with van der Waals surface area (Å²) in [4.78, 5) is 29.9. The molecule has 0 fully saturated rings. The van der Waals surface area contributed by atoms with Crippen molar-refractivity contribution in [1.29, 1.82) is 0 Å². The number of nitrogens with one attached hydrogen (secondary N) is 1. The van der Waals surface area contributed by atoms with E-state index < -0.39 is 17.9 Å². The molecule has 1 N–H and O–H groups in total. The fraction of sp³-hybridized carbons (Fsp3) is 0.167. The number of hydrogen-bond acceptors (Lipinski definition) is 6. The van der Waals surface area contributed by atoms with Gasteiger partial charge >= 0.3 is 5.97 Å². The molecule has 188 valence electrons. The number of carbonyl (C=O) groups excluding carboxylic acids is 2. The Kier molecular flexibility index (Phi) is 8.15. The van der Waals surface area contributed by atoms with Crippen LogP contribution in [-0.2, 0) is 16.0 Å². The zero-order valence-corrected chi connectivity index (χ0v) is 20.9. The van der Waals surface area contributed by atoms with E-state index in [2.05, 4.69) is 10.3 Å². The lowest BCUT2D eigenvalue weighted by atomic mass is 9.88. The molecule has 4 aromatic rings. The summed E-state index contributed by atoms with van der Waals surface area (Å²) in [6.45, 7) is 0. The van der Waals surface area contributed by atoms with Crippen molar-refractivity contribution >= 4 is 11.9 Å². The molecule has 4 rings (SSSR count). The van der Waals surface area contributed by atoms with E-state index in [-0.39, 0.29) is 12.1 Å². The topological polar surface area (TPSA) is 86.8 Å². The minimum Gasteiger partial charge on any atom is -0.497 e. The Morgan fingerprint density at radius 2 is 1.32 bits per heavy atom. The number of hydrogen-bond donors (Lipinski definition) is 1. The summed E-state index contributed by atoms with van der Waals surface area (Å²) in [5.74, 6) is 0.483. The summed E-state index contributed by atoms with van der Waals surface area (Å²) in [6, 6.07) is 25.5. The highest BCUT2D eigenvalue weighted by molar-refractivity contribution is 5.95. The third-order valence-electron chi connectivity index (χ3n) is 6.07. The van der Waals surface area contributed by atoms with E-state index in [4.69, 9.17) is 14.2 Å². The molecule has 0 saturated heterocycles. The van der Waals surface area contributed by atoms with Crippen molar-refractivity contribution in [3.8, 4) is 33.8 Å². The molecule has 0 radical (unpaired) electrons. The Labute approximate surface area is 216 Å². The van der Waals surface area contributed by atoms with Crippen molar-refractivity contribution < 1.29 is 23.8 Å². The number of benzene rings is 3. The summed E-state index contributed by atoms with van der Waals surface area (Å²) in [7, 11) is 4.55. The molecule has 0 spiro atoms. The molecule has 1 atom stereocenters. The highest BCUT2D eigenvalue weighted by atomic mass is 16.5. The van der Waals surface area contributed by atoms with Crippen LogP contribution < -0.4 is 14.8 Å². The van der Waals surface area contributed by atoms with Gasteiger partial charge in [-0.15, -0.1) is 0 Å². The van der Waals surface area contributed by atoms with Crippen molar-refractivity contribution in [2.24, 2.45) is 0 Å². The van der Waals surface area contributed by atoms with Gasteiger partial charge in [0.15, 0.2) is 0 Å². The first-order valence-electron chi connectivity index (χ1n) is 11.7. The molecule has 0 saturated carbocycles. The summed E-state index contributed by atoms with van der Waals surface area (Å²) < 4.78 is 15.7. The van der Waals surface area contributed by atoms with E-state index in [1.54, 1.807) is 32.4 Å². The molecule has 7 heteroatoms. The maximum atomic E-state index is 12.9. The van der Waals surface area contributed by atoms with Crippen LogP contribution in [0, 0.1) is 0 Å². The number of nitrogens with zero attached hydrogens (tertiary/aromatic N) is 1. The van der Waals surface area contributed by atoms with Gasteiger partial charge in [0.1, 0.15) is 23.2 Å². The van der Waals surface area contributed by atoms with Crippen LogP contribution in [0.3, 0.4) is 0 Å². The first kappa shape index (κ1) is 25.4. The predicted octanol–water partition coefficient (Wildman–Crippen LogP) is 4.95. The molecule has 0 aliphatic rings.